The monoisotopic (exact) mass is 660 g/mol. The van der Waals surface area contributed by atoms with E-state index in [1.807, 2.05) is 0 Å². The van der Waals surface area contributed by atoms with Gasteiger partial charge in [-0.05, 0) is 62.7 Å². The molecule has 5 nitrogen and oxygen atoms in total. The summed E-state index contributed by atoms with van der Waals surface area (Å²) in [6.07, 6.45) is -1.44. The summed E-state index contributed by atoms with van der Waals surface area (Å²) in [4.78, 5) is 14.9. The molecule has 5 aromatic rings. The molecule has 0 aliphatic carbocycles. The Balaban J connectivity index is 1.32. The SMILES string of the molecule is CC1CCCCN1CC(=O)Nc1cccc(C#Cc2cccc(-c3c4cccc(C(F)(F)F)c4nn3Cc3c(F)cc(F)cc3F)c2)c1. The number of anilines is 1. The van der Waals surface area contributed by atoms with Crippen LogP contribution in [0.15, 0.2) is 78.9 Å². The van der Waals surface area contributed by atoms with E-state index in [0.717, 1.165) is 36.6 Å². The zero-order chi connectivity index (χ0) is 34.0. The Morgan fingerprint density at radius 3 is 2.31 bits per heavy atom. The minimum absolute atomic E-state index is 0.111. The van der Waals surface area contributed by atoms with Crippen LogP contribution in [0, 0.1) is 29.3 Å². The smallest absolute Gasteiger partial charge is 0.325 e. The zero-order valence-electron chi connectivity index (χ0n) is 25.8. The molecular formula is C37H30F6N4O. The molecule has 0 saturated carbocycles. The highest BCUT2D eigenvalue weighted by molar-refractivity contribution is 5.95. The molecule has 1 atom stereocenters. The van der Waals surface area contributed by atoms with Crippen molar-refractivity contribution in [1.29, 1.82) is 0 Å². The number of amides is 1. The van der Waals surface area contributed by atoms with Gasteiger partial charge in [-0.2, -0.15) is 18.3 Å². The number of likely N-dealkylation sites (tertiary alicyclic amines) is 1. The summed E-state index contributed by atoms with van der Waals surface area (Å²) in [7, 11) is 0. The van der Waals surface area contributed by atoms with E-state index >= 15 is 0 Å². The van der Waals surface area contributed by atoms with Crippen molar-refractivity contribution in [2.24, 2.45) is 0 Å². The lowest BCUT2D eigenvalue weighted by molar-refractivity contribution is -0.136. The van der Waals surface area contributed by atoms with Crippen LogP contribution in [-0.2, 0) is 17.5 Å². The van der Waals surface area contributed by atoms with Crippen LogP contribution in [0.3, 0.4) is 0 Å². The third-order valence-electron chi connectivity index (χ3n) is 8.41. The van der Waals surface area contributed by atoms with Crippen molar-refractivity contribution in [2.45, 2.75) is 44.9 Å². The standard InChI is InChI=1S/C37H30F6N4O/c1-23-7-2-3-16-46(23)22-34(48)44-28-11-5-9-25(18-28)15-14-24-8-4-10-26(17-24)36-29-12-6-13-31(37(41,42)43)35(29)45-47(36)21-30-32(39)19-27(38)20-33(30)40/h4-6,8-13,17-20,23H,2-3,7,16,21-22H2,1H3,(H,44,48). The first-order chi connectivity index (χ1) is 23.0. The van der Waals surface area contributed by atoms with Gasteiger partial charge in [-0.25, -0.2) is 13.2 Å². The number of rotatable bonds is 6. The van der Waals surface area contributed by atoms with E-state index in [9.17, 15) is 31.1 Å². The minimum atomic E-state index is -4.74. The molecule has 2 heterocycles. The molecule has 1 aliphatic rings. The predicted molar refractivity (Wildman–Crippen MR) is 172 cm³/mol. The molecule has 0 spiro atoms. The van der Waals surface area contributed by atoms with Crippen molar-refractivity contribution in [3.8, 4) is 23.1 Å². The summed E-state index contributed by atoms with van der Waals surface area (Å²) in [6, 6.07) is 18.7. The van der Waals surface area contributed by atoms with Gasteiger partial charge in [0.15, 0.2) is 0 Å². The number of carbonyl (C=O) groups is 1. The maximum atomic E-state index is 14.7. The first-order valence-electron chi connectivity index (χ1n) is 15.4. The molecule has 1 saturated heterocycles. The molecule has 246 valence electrons. The number of piperidine rings is 1. The van der Waals surface area contributed by atoms with Crippen LogP contribution in [0.25, 0.3) is 22.2 Å². The van der Waals surface area contributed by atoms with Gasteiger partial charge in [-0.1, -0.05) is 48.6 Å². The Hall–Kier alpha value is -5.08. The molecule has 11 heteroatoms. The van der Waals surface area contributed by atoms with Gasteiger partial charge < -0.3 is 5.32 Å². The Bertz CT molecular complexity index is 2040. The molecule has 1 aliphatic heterocycles. The summed E-state index contributed by atoms with van der Waals surface area (Å²) in [6.45, 7) is 2.72. The van der Waals surface area contributed by atoms with Crippen LogP contribution < -0.4 is 5.32 Å². The van der Waals surface area contributed by atoms with E-state index in [2.05, 4.69) is 34.1 Å². The maximum Gasteiger partial charge on any atom is 0.418 e. The quantitative estimate of drug-likeness (QED) is 0.147. The Labute approximate surface area is 273 Å². The molecule has 6 rings (SSSR count). The van der Waals surface area contributed by atoms with Gasteiger partial charge in [-0.3, -0.25) is 14.4 Å². The predicted octanol–water partition coefficient (Wildman–Crippen LogP) is 8.40. The highest BCUT2D eigenvalue weighted by Crippen LogP contribution is 2.38. The van der Waals surface area contributed by atoms with Crippen LogP contribution in [-0.4, -0.2) is 39.7 Å². The molecule has 0 radical (unpaired) electrons. The molecular weight excluding hydrogens is 630 g/mol. The van der Waals surface area contributed by atoms with Gasteiger partial charge in [0.25, 0.3) is 0 Å². The fraction of sp³-hybridized carbons (Fsp3) is 0.243. The van der Waals surface area contributed by atoms with Crippen LogP contribution in [0.1, 0.15) is 48.4 Å². The van der Waals surface area contributed by atoms with Crippen molar-refractivity contribution in [1.82, 2.24) is 14.7 Å². The number of nitrogens with one attached hydrogen (secondary N) is 1. The van der Waals surface area contributed by atoms with E-state index in [-0.39, 0.29) is 17.0 Å². The molecule has 1 amide bonds. The molecule has 1 fully saturated rings. The van der Waals surface area contributed by atoms with Crippen molar-refractivity contribution in [3.05, 3.63) is 119 Å². The van der Waals surface area contributed by atoms with Crippen LogP contribution >= 0.6 is 0 Å². The maximum absolute atomic E-state index is 14.7. The van der Waals surface area contributed by atoms with Gasteiger partial charge in [-0.15, -0.1) is 0 Å². The third kappa shape index (κ3) is 7.24. The molecule has 0 bridgehead atoms. The Morgan fingerprint density at radius 1 is 0.917 bits per heavy atom. The highest BCUT2D eigenvalue weighted by atomic mass is 19.4. The lowest BCUT2D eigenvalue weighted by Gasteiger charge is -2.32. The number of aromatic nitrogens is 2. The second kappa shape index (κ2) is 13.6. The lowest BCUT2D eigenvalue weighted by Crippen LogP contribution is -2.42. The van der Waals surface area contributed by atoms with E-state index in [4.69, 9.17) is 0 Å². The number of nitrogens with zero attached hydrogens (tertiary/aromatic N) is 3. The van der Waals surface area contributed by atoms with E-state index < -0.39 is 46.8 Å². The third-order valence-corrected chi connectivity index (χ3v) is 8.41. The number of halogens is 6. The zero-order valence-corrected chi connectivity index (χ0v) is 25.8. The van der Waals surface area contributed by atoms with Crippen molar-refractivity contribution in [3.63, 3.8) is 0 Å². The molecule has 1 unspecified atom stereocenters. The van der Waals surface area contributed by atoms with Crippen molar-refractivity contribution in [2.75, 3.05) is 18.4 Å². The average molecular weight is 661 g/mol. The van der Waals surface area contributed by atoms with Gasteiger partial charge in [0.05, 0.1) is 24.3 Å². The van der Waals surface area contributed by atoms with E-state index in [0.29, 0.717) is 47.1 Å². The van der Waals surface area contributed by atoms with Gasteiger partial charge >= 0.3 is 6.18 Å². The summed E-state index contributed by atoms with van der Waals surface area (Å²) in [5.74, 6) is 2.50. The van der Waals surface area contributed by atoms with Crippen LogP contribution in [0.2, 0.25) is 0 Å². The Morgan fingerprint density at radius 2 is 1.60 bits per heavy atom. The first-order valence-corrected chi connectivity index (χ1v) is 15.4. The number of carbonyl (C=O) groups excluding carboxylic acids is 1. The van der Waals surface area contributed by atoms with E-state index in [1.165, 1.54) is 12.1 Å². The number of hydrogen-bond acceptors (Lipinski definition) is 3. The minimum Gasteiger partial charge on any atom is -0.325 e. The fourth-order valence-corrected chi connectivity index (χ4v) is 6.01. The van der Waals surface area contributed by atoms with Crippen LogP contribution in [0.4, 0.5) is 32.0 Å². The van der Waals surface area contributed by atoms with Crippen LogP contribution in [0.5, 0.6) is 0 Å². The second-order valence-electron chi connectivity index (χ2n) is 11.8. The normalized spacial score (nSPS) is 15.3. The fourth-order valence-electron chi connectivity index (χ4n) is 6.01. The number of hydrogen-bond donors (Lipinski definition) is 1. The van der Waals surface area contributed by atoms with Gasteiger partial charge in [0.1, 0.15) is 23.0 Å². The lowest BCUT2D eigenvalue weighted by atomic mass is 10.0. The van der Waals surface area contributed by atoms with E-state index in [1.54, 1.807) is 48.5 Å². The molecule has 1 N–H and O–H groups in total. The molecule has 4 aromatic carbocycles. The van der Waals surface area contributed by atoms with Gasteiger partial charge in [0, 0.05) is 51.5 Å². The molecule has 1 aromatic heterocycles. The summed E-state index contributed by atoms with van der Waals surface area (Å²) in [5, 5.41) is 7.19. The second-order valence-corrected chi connectivity index (χ2v) is 11.8. The first kappa shape index (κ1) is 32.8. The number of fused-ring (bicyclic) bond motifs is 1. The van der Waals surface area contributed by atoms with Gasteiger partial charge in [0.2, 0.25) is 5.91 Å². The largest absolute Gasteiger partial charge is 0.418 e. The van der Waals surface area contributed by atoms with Crippen molar-refractivity contribution >= 4 is 22.5 Å². The number of alkyl halides is 3. The number of benzene rings is 4. The summed E-state index contributed by atoms with van der Waals surface area (Å²) in [5.41, 5.74) is 0.357. The highest BCUT2D eigenvalue weighted by Gasteiger charge is 2.35. The molecule has 48 heavy (non-hydrogen) atoms. The Kier molecular flexibility index (Phi) is 9.29. The van der Waals surface area contributed by atoms with Crippen molar-refractivity contribution < 1.29 is 31.1 Å². The topological polar surface area (TPSA) is 50.2 Å². The summed E-state index contributed by atoms with van der Waals surface area (Å²) < 4.78 is 85.9. The summed E-state index contributed by atoms with van der Waals surface area (Å²) >= 11 is 0. The average Bonchev–Trinajstić information content (AvgIpc) is 3.41.